The third-order valence-electron chi connectivity index (χ3n) is 3.54. The molecule has 1 saturated heterocycles. The first-order chi connectivity index (χ1) is 9.78. The Balaban J connectivity index is 1.93. The molecule has 0 radical (unpaired) electrons. The summed E-state index contributed by atoms with van der Waals surface area (Å²) in [5.41, 5.74) is 0.333. The Kier molecular flexibility index (Phi) is 4.86. The molecule has 1 aromatic heterocycles. The molecule has 104 valence electrons. The van der Waals surface area contributed by atoms with Gasteiger partial charge in [0.1, 0.15) is 11.9 Å². The standard InChI is InChI=1S/C14H18N6/c1-2-3-13(9-16)19-4-6-20(7-5-19)14-11-17-12(8-15)10-18-14/h10-11,13H,2-7H2,1H3. The molecule has 1 aromatic rings. The predicted molar refractivity (Wildman–Crippen MR) is 74.8 cm³/mol. The number of nitrogens with zero attached hydrogens (tertiary/aromatic N) is 6. The van der Waals surface area contributed by atoms with Crippen LogP contribution in [-0.4, -0.2) is 47.1 Å². The van der Waals surface area contributed by atoms with Crippen LogP contribution in [0.25, 0.3) is 0 Å². The van der Waals surface area contributed by atoms with Crippen molar-refractivity contribution in [2.45, 2.75) is 25.8 Å². The second-order valence-electron chi connectivity index (χ2n) is 4.83. The highest BCUT2D eigenvalue weighted by molar-refractivity contribution is 5.37. The maximum absolute atomic E-state index is 9.19. The fraction of sp³-hybridized carbons (Fsp3) is 0.571. The lowest BCUT2D eigenvalue weighted by atomic mass is 10.1. The SMILES string of the molecule is CCCC(C#N)N1CCN(c2cnc(C#N)cn2)CC1. The van der Waals surface area contributed by atoms with Crippen molar-refractivity contribution in [3.05, 3.63) is 18.1 Å². The number of nitriles is 2. The summed E-state index contributed by atoms with van der Waals surface area (Å²) in [6.07, 6.45) is 5.09. The molecule has 2 rings (SSSR count). The lowest BCUT2D eigenvalue weighted by Gasteiger charge is -2.37. The molecule has 1 aliphatic heterocycles. The van der Waals surface area contributed by atoms with Crippen molar-refractivity contribution in [2.75, 3.05) is 31.1 Å². The maximum Gasteiger partial charge on any atom is 0.158 e. The van der Waals surface area contributed by atoms with Crippen LogP contribution < -0.4 is 4.90 Å². The van der Waals surface area contributed by atoms with Crippen molar-refractivity contribution >= 4 is 5.82 Å². The molecule has 0 bridgehead atoms. The smallest absolute Gasteiger partial charge is 0.158 e. The van der Waals surface area contributed by atoms with Crippen LogP contribution >= 0.6 is 0 Å². The van der Waals surface area contributed by atoms with Crippen LogP contribution in [0, 0.1) is 22.7 Å². The number of aromatic nitrogens is 2. The lowest BCUT2D eigenvalue weighted by molar-refractivity contribution is 0.211. The molecular weight excluding hydrogens is 252 g/mol. The lowest BCUT2D eigenvalue weighted by Crippen LogP contribution is -2.50. The van der Waals surface area contributed by atoms with Gasteiger partial charge in [0.2, 0.25) is 0 Å². The molecule has 6 heteroatoms. The highest BCUT2D eigenvalue weighted by Gasteiger charge is 2.23. The summed E-state index contributed by atoms with van der Waals surface area (Å²) in [5, 5.41) is 17.9. The minimum absolute atomic E-state index is 0.0224. The number of rotatable bonds is 4. The summed E-state index contributed by atoms with van der Waals surface area (Å²) in [4.78, 5) is 12.7. The van der Waals surface area contributed by atoms with Crippen LogP contribution in [0.3, 0.4) is 0 Å². The molecule has 0 aromatic carbocycles. The number of hydrogen-bond donors (Lipinski definition) is 0. The monoisotopic (exact) mass is 270 g/mol. The van der Waals surface area contributed by atoms with Gasteiger partial charge in [-0.15, -0.1) is 0 Å². The van der Waals surface area contributed by atoms with E-state index in [0.29, 0.717) is 5.69 Å². The topological polar surface area (TPSA) is 79.8 Å². The zero-order chi connectivity index (χ0) is 14.4. The summed E-state index contributed by atoms with van der Waals surface area (Å²) >= 11 is 0. The van der Waals surface area contributed by atoms with E-state index in [2.05, 4.69) is 32.8 Å². The van der Waals surface area contributed by atoms with Crippen LogP contribution in [0.4, 0.5) is 5.82 Å². The first-order valence-corrected chi connectivity index (χ1v) is 6.89. The van der Waals surface area contributed by atoms with Gasteiger partial charge in [0, 0.05) is 26.2 Å². The van der Waals surface area contributed by atoms with Crippen LogP contribution in [-0.2, 0) is 0 Å². The van der Waals surface area contributed by atoms with Gasteiger partial charge in [0.05, 0.1) is 24.5 Å². The van der Waals surface area contributed by atoms with E-state index < -0.39 is 0 Å². The Morgan fingerprint density at radius 2 is 1.95 bits per heavy atom. The first kappa shape index (κ1) is 14.2. The van der Waals surface area contributed by atoms with E-state index in [1.807, 2.05) is 6.07 Å². The highest BCUT2D eigenvalue weighted by atomic mass is 15.3. The molecule has 1 atom stereocenters. The van der Waals surface area contributed by atoms with Gasteiger partial charge in [0.25, 0.3) is 0 Å². The van der Waals surface area contributed by atoms with Crippen LogP contribution in [0.15, 0.2) is 12.4 Å². The second-order valence-corrected chi connectivity index (χ2v) is 4.83. The molecule has 1 fully saturated rings. The van der Waals surface area contributed by atoms with Gasteiger partial charge in [-0.25, -0.2) is 9.97 Å². The van der Waals surface area contributed by atoms with E-state index >= 15 is 0 Å². The van der Waals surface area contributed by atoms with E-state index in [1.165, 1.54) is 6.20 Å². The zero-order valence-electron chi connectivity index (χ0n) is 11.7. The second kappa shape index (κ2) is 6.83. The largest absolute Gasteiger partial charge is 0.353 e. The van der Waals surface area contributed by atoms with Gasteiger partial charge in [-0.1, -0.05) is 13.3 Å². The van der Waals surface area contributed by atoms with E-state index in [9.17, 15) is 5.26 Å². The highest BCUT2D eigenvalue weighted by Crippen LogP contribution is 2.15. The van der Waals surface area contributed by atoms with Gasteiger partial charge in [0.15, 0.2) is 5.69 Å². The summed E-state index contributed by atoms with van der Waals surface area (Å²) in [7, 11) is 0. The molecule has 0 amide bonds. The van der Waals surface area contributed by atoms with Crippen molar-refractivity contribution in [2.24, 2.45) is 0 Å². The average Bonchev–Trinajstić information content (AvgIpc) is 2.53. The quantitative estimate of drug-likeness (QED) is 0.817. The van der Waals surface area contributed by atoms with E-state index in [0.717, 1.165) is 44.8 Å². The summed E-state index contributed by atoms with van der Waals surface area (Å²) in [5.74, 6) is 0.799. The molecule has 1 unspecified atom stereocenters. The molecule has 1 aliphatic rings. The normalized spacial score (nSPS) is 17.2. The van der Waals surface area contributed by atoms with Crippen molar-refractivity contribution in [3.63, 3.8) is 0 Å². The minimum atomic E-state index is 0.0224. The van der Waals surface area contributed by atoms with Gasteiger partial charge >= 0.3 is 0 Å². The van der Waals surface area contributed by atoms with Crippen molar-refractivity contribution in [1.29, 1.82) is 10.5 Å². The molecule has 6 nitrogen and oxygen atoms in total. The zero-order valence-corrected chi connectivity index (χ0v) is 11.7. The van der Waals surface area contributed by atoms with E-state index in [-0.39, 0.29) is 6.04 Å². The van der Waals surface area contributed by atoms with Gasteiger partial charge in [-0.3, -0.25) is 4.90 Å². The minimum Gasteiger partial charge on any atom is -0.353 e. The number of anilines is 1. The molecule has 0 saturated carbocycles. The van der Waals surface area contributed by atoms with E-state index in [1.54, 1.807) is 6.20 Å². The summed E-state index contributed by atoms with van der Waals surface area (Å²) in [6.45, 7) is 5.50. The fourth-order valence-corrected chi connectivity index (χ4v) is 2.41. The van der Waals surface area contributed by atoms with E-state index in [4.69, 9.17) is 5.26 Å². The Hall–Kier alpha value is -2.18. The van der Waals surface area contributed by atoms with Crippen LogP contribution in [0.1, 0.15) is 25.5 Å². The fourth-order valence-electron chi connectivity index (χ4n) is 2.41. The summed E-state index contributed by atoms with van der Waals surface area (Å²) in [6, 6.07) is 4.37. The van der Waals surface area contributed by atoms with Gasteiger partial charge in [-0.05, 0) is 6.42 Å². The number of piperazine rings is 1. The predicted octanol–water partition coefficient (Wildman–Crippen LogP) is 1.16. The summed E-state index contributed by atoms with van der Waals surface area (Å²) < 4.78 is 0. The van der Waals surface area contributed by atoms with Crippen LogP contribution in [0.5, 0.6) is 0 Å². The Bertz CT molecular complexity index is 504. The molecule has 2 heterocycles. The molecule has 0 N–H and O–H groups in total. The average molecular weight is 270 g/mol. The molecule has 20 heavy (non-hydrogen) atoms. The Morgan fingerprint density at radius 1 is 1.20 bits per heavy atom. The molecule has 0 aliphatic carbocycles. The third kappa shape index (κ3) is 3.23. The third-order valence-corrected chi connectivity index (χ3v) is 3.54. The molecule has 0 spiro atoms. The first-order valence-electron chi connectivity index (χ1n) is 6.89. The van der Waals surface area contributed by atoms with Crippen molar-refractivity contribution < 1.29 is 0 Å². The number of hydrogen-bond acceptors (Lipinski definition) is 6. The maximum atomic E-state index is 9.19. The Labute approximate surface area is 119 Å². The van der Waals surface area contributed by atoms with Crippen molar-refractivity contribution in [1.82, 2.24) is 14.9 Å². The molecular formula is C14H18N6. The van der Waals surface area contributed by atoms with Crippen LogP contribution in [0.2, 0.25) is 0 Å². The Morgan fingerprint density at radius 3 is 2.45 bits per heavy atom. The van der Waals surface area contributed by atoms with Crippen molar-refractivity contribution in [3.8, 4) is 12.1 Å². The van der Waals surface area contributed by atoms with Gasteiger partial charge in [-0.2, -0.15) is 10.5 Å². The van der Waals surface area contributed by atoms with Gasteiger partial charge < -0.3 is 4.90 Å².